The average Bonchev–Trinajstić information content (AvgIpc) is 3.35. The standard InChI is InChI=1S/C63H102O6/c1-4-7-10-13-16-19-22-25-27-29-31-33-35-38-41-44-47-50-53-56-62(65)68-59-60(58-67-61(64)55-52-49-46-43-40-37-24-21-18-15-12-9-6-3)69-63(66)57-54-51-48-45-42-39-36-34-32-30-28-26-23-20-17-14-11-8-5-2/h7,9-10,12,15-21,23-27,31,33,38,41,60H,4-6,8,11,13-14,22,28-30,32,34-37,39-40,42-59H2,1-3H3/b10-7+,12-9+,18-15+,19-16+,20-17+,24-21+,26-23+,27-25+,33-31+,41-38+. The van der Waals surface area contributed by atoms with Crippen LogP contribution in [0.4, 0.5) is 0 Å². The Labute approximate surface area is 424 Å². The van der Waals surface area contributed by atoms with Gasteiger partial charge in [0.25, 0.3) is 0 Å². The molecular formula is C63H102O6. The quantitative estimate of drug-likeness (QED) is 0.0199. The Balaban J connectivity index is 4.47. The Morgan fingerprint density at radius 3 is 1.07 bits per heavy atom. The summed E-state index contributed by atoms with van der Waals surface area (Å²) in [6.07, 6.45) is 77.5. The Kier molecular flexibility index (Phi) is 53.0. The minimum Gasteiger partial charge on any atom is -0.462 e. The fourth-order valence-corrected chi connectivity index (χ4v) is 7.34. The lowest BCUT2D eigenvalue weighted by Gasteiger charge is -2.18. The van der Waals surface area contributed by atoms with E-state index < -0.39 is 6.10 Å². The van der Waals surface area contributed by atoms with Crippen molar-refractivity contribution in [2.24, 2.45) is 0 Å². The highest BCUT2D eigenvalue weighted by Crippen LogP contribution is 2.14. The zero-order valence-electron chi connectivity index (χ0n) is 44.5. The van der Waals surface area contributed by atoms with E-state index >= 15 is 0 Å². The molecule has 0 fully saturated rings. The fraction of sp³-hybridized carbons (Fsp3) is 0.635. The maximum Gasteiger partial charge on any atom is 0.306 e. The van der Waals surface area contributed by atoms with Gasteiger partial charge in [-0.3, -0.25) is 14.4 Å². The molecule has 0 bridgehead atoms. The average molecular weight is 956 g/mol. The second kappa shape index (κ2) is 56.4. The molecule has 0 aromatic carbocycles. The summed E-state index contributed by atoms with van der Waals surface area (Å²) >= 11 is 0. The molecule has 0 spiro atoms. The zero-order valence-corrected chi connectivity index (χ0v) is 44.5. The smallest absolute Gasteiger partial charge is 0.306 e. The van der Waals surface area contributed by atoms with Crippen LogP contribution < -0.4 is 0 Å². The summed E-state index contributed by atoms with van der Waals surface area (Å²) in [7, 11) is 0. The number of hydrogen-bond donors (Lipinski definition) is 0. The molecule has 0 saturated heterocycles. The highest BCUT2D eigenvalue weighted by molar-refractivity contribution is 5.71. The van der Waals surface area contributed by atoms with Crippen LogP contribution in [0.15, 0.2) is 122 Å². The van der Waals surface area contributed by atoms with Crippen LogP contribution >= 0.6 is 0 Å². The van der Waals surface area contributed by atoms with Gasteiger partial charge in [-0.25, -0.2) is 0 Å². The van der Waals surface area contributed by atoms with Crippen molar-refractivity contribution in [3.8, 4) is 0 Å². The van der Waals surface area contributed by atoms with E-state index in [1.165, 1.54) is 77.0 Å². The van der Waals surface area contributed by atoms with E-state index in [1.807, 2.05) is 0 Å². The van der Waals surface area contributed by atoms with Gasteiger partial charge in [0.2, 0.25) is 0 Å². The van der Waals surface area contributed by atoms with Crippen LogP contribution in [-0.4, -0.2) is 37.2 Å². The van der Waals surface area contributed by atoms with Crippen molar-refractivity contribution in [3.05, 3.63) is 122 Å². The molecule has 0 aromatic heterocycles. The zero-order chi connectivity index (χ0) is 50.0. The molecule has 0 aromatic rings. The van der Waals surface area contributed by atoms with Gasteiger partial charge >= 0.3 is 17.9 Å². The number of esters is 3. The molecule has 1 atom stereocenters. The van der Waals surface area contributed by atoms with Gasteiger partial charge in [-0.2, -0.15) is 0 Å². The molecule has 0 aliphatic rings. The van der Waals surface area contributed by atoms with Crippen LogP contribution in [0.3, 0.4) is 0 Å². The lowest BCUT2D eigenvalue weighted by molar-refractivity contribution is -0.167. The maximum atomic E-state index is 12.9. The predicted octanol–water partition coefficient (Wildman–Crippen LogP) is 18.9. The van der Waals surface area contributed by atoms with Crippen LogP contribution in [0.5, 0.6) is 0 Å². The fourth-order valence-electron chi connectivity index (χ4n) is 7.34. The molecule has 0 radical (unpaired) electrons. The molecule has 0 amide bonds. The summed E-state index contributed by atoms with van der Waals surface area (Å²) in [5.74, 6) is -0.962. The number of unbranched alkanes of at least 4 members (excludes halogenated alkanes) is 21. The van der Waals surface area contributed by atoms with Crippen molar-refractivity contribution >= 4 is 17.9 Å². The summed E-state index contributed by atoms with van der Waals surface area (Å²) in [6, 6.07) is 0. The molecule has 0 aliphatic heterocycles. The number of carbonyl (C=O) groups is 3. The van der Waals surface area contributed by atoms with Crippen molar-refractivity contribution in [2.75, 3.05) is 13.2 Å². The lowest BCUT2D eigenvalue weighted by Crippen LogP contribution is -2.30. The molecule has 0 saturated carbocycles. The summed E-state index contributed by atoms with van der Waals surface area (Å²) < 4.78 is 16.8. The van der Waals surface area contributed by atoms with Gasteiger partial charge in [0.1, 0.15) is 13.2 Å². The molecule has 0 aliphatic carbocycles. The summed E-state index contributed by atoms with van der Waals surface area (Å²) in [4.78, 5) is 38.1. The van der Waals surface area contributed by atoms with Crippen molar-refractivity contribution in [3.63, 3.8) is 0 Å². The summed E-state index contributed by atoms with van der Waals surface area (Å²) in [6.45, 7) is 6.31. The molecule has 6 nitrogen and oxygen atoms in total. The van der Waals surface area contributed by atoms with Gasteiger partial charge in [0.05, 0.1) is 0 Å². The van der Waals surface area contributed by atoms with E-state index in [2.05, 4.69) is 142 Å². The molecule has 0 heterocycles. The minimum absolute atomic E-state index is 0.104. The van der Waals surface area contributed by atoms with Gasteiger partial charge in [-0.1, -0.05) is 232 Å². The van der Waals surface area contributed by atoms with Crippen molar-refractivity contribution < 1.29 is 28.6 Å². The Morgan fingerprint density at radius 1 is 0.319 bits per heavy atom. The molecule has 69 heavy (non-hydrogen) atoms. The van der Waals surface area contributed by atoms with E-state index in [-0.39, 0.29) is 31.1 Å². The van der Waals surface area contributed by atoms with E-state index in [0.29, 0.717) is 19.3 Å². The molecule has 1 unspecified atom stereocenters. The predicted molar refractivity (Wildman–Crippen MR) is 297 cm³/mol. The molecular weight excluding hydrogens is 853 g/mol. The number of rotatable bonds is 49. The summed E-state index contributed by atoms with van der Waals surface area (Å²) in [5.41, 5.74) is 0. The Bertz CT molecular complexity index is 1470. The number of allylic oxidation sites excluding steroid dienone is 20. The molecule has 0 N–H and O–H groups in total. The monoisotopic (exact) mass is 955 g/mol. The first-order valence-corrected chi connectivity index (χ1v) is 28.1. The van der Waals surface area contributed by atoms with Gasteiger partial charge in [-0.15, -0.1) is 0 Å². The van der Waals surface area contributed by atoms with E-state index in [0.717, 1.165) is 122 Å². The molecule has 0 rings (SSSR count). The van der Waals surface area contributed by atoms with Gasteiger partial charge < -0.3 is 14.2 Å². The topological polar surface area (TPSA) is 78.9 Å². The third kappa shape index (κ3) is 54.6. The number of carbonyl (C=O) groups excluding carboxylic acids is 3. The Hall–Kier alpha value is -4.19. The first-order chi connectivity index (χ1) is 34.0. The number of ether oxygens (including phenoxy) is 3. The van der Waals surface area contributed by atoms with Gasteiger partial charge in [0, 0.05) is 19.3 Å². The van der Waals surface area contributed by atoms with E-state index in [1.54, 1.807) is 0 Å². The lowest BCUT2D eigenvalue weighted by atomic mass is 10.1. The van der Waals surface area contributed by atoms with Crippen molar-refractivity contribution in [2.45, 2.75) is 245 Å². The van der Waals surface area contributed by atoms with E-state index in [4.69, 9.17) is 14.2 Å². The van der Waals surface area contributed by atoms with Crippen molar-refractivity contribution in [1.29, 1.82) is 0 Å². The second-order valence-corrected chi connectivity index (χ2v) is 18.2. The van der Waals surface area contributed by atoms with Crippen LogP contribution in [0.1, 0.15) is 239 Å². The normalized spacial score (nSPS) is 13.0. The number of hydrogen-bond acceptors (Lipinski definition) is 6. The molecule has 390 valence electrons. The van der Waals surface area contributed by atoms with Crippen LogP contribution in [0.25, 0.3) is 0 Å². The third-order valence-corrected chi connectivity index (χ3v) is 11.5. The first-order valence-electron chi connectivity index (χ1n) is 28.1. The maximum absolute atomic E-state index is 12.9. The summed E-state index contributed by atoms with van der Waals surface area (Å²) in [5, 5.41) is 0. The largest absolute Gasteiger partial charge is 0.462 e. The third-order valence-electron chi connectivity index (χ3n) is 11.5. The van der Waals surface area contributed by atoms with Crippen LogP contribution in [0, 0.1) is 0 Å². The van der Waals surface area contributed by atoms with Crippen LogP contribution in [0.2, 0.25) is 0 Å². The van der Waals surface area contributed by atoms with E-state index in [9.17, 15) is 14.4 Å². The Morgan fingerprint density at radius 2 is 0.638 bits per heavy atom. The van der Waals surface area contributed by atoms with Crippen LogP contribution in [-0.2, 0) is 28.6 Å². The van der Waals surface area contributed by atoms with Gasteiger partial charge in [0.15, 0.2) is 6.10 Å². The second-order valence-electron chi connectivity index (χ2n) is 18.2. The highest BCUT2D eigenvalue weighted by Gasteiger charge is 2.19. The first kappa shape index (κ1) is 64.8. The van der Waals surface area contributed by atoms with Crippen molar-refractivity contribution in [1.82, 2.24) is 0 Å². The minimum atomic E-state index is -0.806. The highest BCUT2D eigenvalue weighted by atomic mass is 16.6. The van der Waals surface area contributed by atoms with Gasteiger partial charge in [-0.05, 0) is 109 Å². The SMILES string of the molecule is CC/C=C/C=C/C=C/CCCCCCCC(=O)OCC(COC(=O)CCCCC/C=C/C/C=C/C/C=C/C/C=C/C/C=C/CC)OC(=O)CCCCCCCCCCCC/C=C/C=C/CCCCC. The molecule has 6 heteroatoms.